The molecule has 2 N–H and O–H groups in total. The summed E-state index contributed by atoms with van der Waals surface area (Å²) < 4.78 is 62.0. The molecule has 16 heteroatoms. The topological polar surface area (TPSA) is 177 Å². The van der Waals surface area contributed by atoms with Gasteiger partial charge in [-0.2, -0.15) is 0 Å². The maximum atomic E-state index is 13.7. The lowest BCUT2D eigenvalue weighted by Gasteiger charge is -2.36. The normalized spacial score (nSPS) is 17.7. The number of hydrogen-bond acceptors (Lipinski definition) is 12. The highest BCUT2D eigenvalue weighted by Crippen LogP contribution is 2.33. The Morgan fingerprint density at radius 1 is 0.772 bits per heavy atom. The molecule has 1 aromatic heterocycles. The van der Waals surface area contributed by atoms with E-state index in [0.717, 1.165) is 44.5 Å². The first-order valence-electron chi connectivity index (χ1n) is 18.4. The number of ether oxygens (including phenoxy) is 1. The van der Waals surface area contributed by atoms with Crippen LogP contribution in [0.25, 0.3) is 22.0 Å². The fraction of sp³-hybridized carbons (Fsp3) is 0.220. The van der Waals surface area contributed by atoms with Gasteiger partial charge in [0.1, 0.15) is 17.3 Å². The van der Waals surface area contributed by atoms with E-state index in [-0.39, 0.29) is 34.5 Å². The van der Waals surface area contributed by atoms with Crippen LogP contribution in [0, 0.1) is 10.1 Å². The third-order valence-electron chi connectivity index (χ3n) is 10.4. The van der Waals surface area contributed by atoms with E-state index >= 15 is 0 Å². The molecule has 8 rings (SSSR count). The predicted molar refractivity (Wildman–Crippen MR) is 218 cm³/mol. The van der Waals surface area contributed by atoms with E-state index in [1.807, 2.05) is 18.2 Å². The van der Waals surface area contributed by atoms with Gasteiger partial charge in [-0.3, -0.25) is 19.7 Å². The zero-order chi connectivity index (χ0) is 39.6. The minimum atomic E-state index is -4.37. The number of fused-ring (bicyclic) bond motifs is 1. The molecule has 0 bridgehead atoms. The Balaban J connectivity index is 0.953. The highest BCUT2D eigenvalue weighted by molar-refractivity contribution is 7.92. The van der Waals surface area contributed by atoms with Gasteiger partial charge in [-0.1, -0.05) is 72.8 Å². The molecule has 2 unspecified atom stereocenters. The van der Waals surface area contributed by atoms with E-state index in [1.165, 1.54) is 47.3 Å². The number of nitro benzene ring substituents is 1. The van der Waals surface area contributed by atoms with Gasteiger partial charge in [0.05, 0.1) is 39.5 Å². The number of hydrogen-bond donors (Lipinski definition) is 2. The minimum absolute atomic E-state index is 0.0155. The number of aromatic nitrogens is 2. The van der Waals surface area contributed by atoms with Crippen LogP contribution in [-0.2, 0) is 31.1 Å². The van der Waals surface area contributed by atoms with Gasteiger partial charge < -0.3 is 15.0 Å². The Hall–Kier alpha value is -5.94. The molecule has 6 aromatic rings. The number of benzene rings is 5. The van der Waals surface area contributed by atoms with Crippen molar-refractivity contribution in [3.63, 3.8) is 0 Å². The third-order valence-corrected chi connectivity index (χ3v) is 13.9. The van der Waals surface area contributed by atoms with Crippen LogP contribution in [0.15, 0.2) is 137 Å². The molecule has 2 atom stereocenters. The lowest BCUT2D eigenvalue weighted by Crippen LogP contribution is -2.46. The van der Waals surface area contributed by atoms with Crippen LogP contribution in [0.1, 0.15) is 5.56 Å². The molecular formula is C41H39N7O7S2. The van der Waals surface area contributed by atoms with Crippen molar-refractivity contribution in [2.75, 3.05) is 54.3 Å². The van der Waals surface area contributed by atoms with Crippen LogP contribution in [0.4, 0.5) is 22.9 Å². The Morgan fingerprint density at radius 3 is 2.25 bits per heavy atom. The van der Waals surface area contributed by atoms with Crippen LogP contribution in [0.3, 0.4) is 0 Å². The molecule has 57 heavy (non-hydrogen) atoms. The average molecular weight is 806 g/mol. The van der Waals surface area contributed by atoms with E-state index in [2.05, 4.69) is 78.3 Å². The zero-order valence-electron chi connectivity index (χ0n) is 30.6. The van der Waals surface area contributed by atoms with Gasteiger partial charge in [-0.15, -0.1) is 0 Å². The van der Waals surface area contributed by atoms with Gasteiger partial charge in [0.2, 0.25) is 0 Å². The molecular weight excluding hydrogens is 767 g/mol. The van der Waals surface area contributed by atoms with Crippen LogP contribution >= 0.6 is 0 Å². The second-order valence-corrected chi connectivity index (χ2v) is 17.8. The molecule has 2 saturated heterocycles. The second-order valence-electron chi connectivity index (χ2n) is 13.9. The van der Waals surface area contributed by atoms with Crippen molar-refractivity contribution in [2.45, 2.75) is 27.6 Å². The van der Waals surface area contributed by atoms with Crippen molar-refractivity contribution in [3.05, 3.63) is 143 Å². The van der Waals surface area contributed by atoms with E-state index in [1.54, 1.807) is 24.3 Å². The zero-order valence-corrected chi connectivity index (χ0v) is 32.3. The smallest absolute Gasteiger partial charge is 0.293 e. The van der Waals surface area contributed by atoms with Crippen LogP contribution in [-0.4, -0.2) is 87.3 Å². The first-order valence-corrected chi connectivity index (χ1v) is 21.4. The highest BCUT2D eigenvalue weighted by atomic mass is 32.2. The summed E-state index contributed by atoms with van der Waals surface area (Å²) in [7, 11) is -8.20. The molecule has 0 spiro atoms. The van der Waals surface area contributed by atoms with E-state index in [4.69, 9.17) is 4.74 Å². The number of anilines is 3. The summed E-state index contributed by atoms with van der Waals surface area (Å²) in [5, 5.41) is 14.6. The molecule has 292 valence electrons. The predicted octanol–water partition coefficient (Wildman–Crippen LogP) is 5.98. The van der Waals surface area contributed by atoms with E-state index < -0.39 is 41.8 Å². The van der Waals surface area contributed by atoms with Crippen LogP contribution in [0.2, 0.25) is 0 Å². The fourth-order valence-corrected chi connectivity index (χ4v) is 10.2. The minimum Gasteiger partial charge on any atom is -0.378 e. The number of nitrogens with one attached hydrogen (secondary N) is 2. The highest BCUT2D eigenvalue weighted by Gasteiger charge is 2.40. The van der Waals surface area contributed by atoms with Gasteiger partial charge >= 0.3 is 0 Å². The number of rotatable bonds is 12. The summed E-state index contributed by atoms with van der Waals surface area (Å²) >= 11 is 0. The Bertz CT molecular complexity index is 2640. The summed E-state index contributed by atoms with van der Waals surface area (Å²) in [6, 6.07) is 34.9. The summed E-state index contributed by atoms with van der Waals surface area (Å²) in [6.45, 7) is 4.03. The number of piperazine rings is 1. The van der Waals surface area contributed by atoms with E-state index in [9.17, 15) is 26.9 Å². The Morgan fingerprint density at radius 2 is 1.49 bits per heavy atom. The quantitative estimate of drug-likeness (QED) is 0.109. The molecule has 2 aliphatic rings. The first-order chi connectivity index (χ1) is 27.6. The largest absolute Gasteiger partial charge is 0.378 e. The number of nitro groups is 1. The van der Waals surface area contributed by atoms with Crippen LogP contribution < -0.4 is 14.9 Å². The summed E-state index contributed by atoms with van der Waals surface area (Å²) in [6.07, 6.45) is 1.27. The SMILES string of the molecule is O=[N+]([O-])c1cc(S(=O)(=O)Nc2ncnc3cc(N4CCN(Cc5ccccc5-c5ccccc5)CC4)ccc23)ccc1NC1COCC1S(=O)(=O)c1ccccc1. The van der Waals surface area contributed by atoms with Crippen molar-refractivity contribution in [1.29, 1.82) is 0 Å². The molecule has 14 nitrogen and oxygen atoms in total. The Kier molecular flexibility index (Phi) is 10.6. The summed E-state index contributed by atoms with van der Waals surface area (Å²) in [5.41, 5.74) is 4.60. The number of sulfonamides is 1. The monoisotopic (exact) mass is 805 g/mol. The van der Waals surface area contributed by atoms with Gasteiger partial charge in [0.15, 0.2) is 15.7 Å². The van der Waals surface area contributed by atoms with Crippen LogP contribution in [0.5, 0.6) is 0 Å². The van der Waals surface area contributed by atoms with E-state index in [0.29, 0.717) is 10.9 Å². The number of nitrogens with zero attached hydrogens (tertiary/aromatic N) is 5. The van der Waals surface area contributed by atoms with Crippen molar-refractivity contribution < 1.29 is 26.5 Å². The fourth-order valence-electron chi connectivity index (χ4n) is 7.38. The van der Waals surface area contributed by atoms with Crippen molar-refractivity contribution in [1.82, 2.24) is 14.9 Å². The van der Waals surface area contributed by atoms with Gasteiger partial charge in [-0.05, 0) is 59.2 Å². The molecule has 5 aromatic carbocycles. The van der Waals surface area contributed by atoms with Gasteiger partial charge in [-0.25, -0.2) is 26.8 Å². The maximum Gasteiger partial charge on any atom is 0.293 e. The average Bonchev–Trinajstić information content (AvgIpc) is 3.71. The molecule has 0 radical (unpaired) electrons. The summed E-state index contributed by atoms with van der Waals surface area (Å²) in [4.78, 5) is 24.6. The third kappa shape index (κ3) is 8.02. The number of sulfone groups is 1. The molecule has 3 heterocycles. The van der Waals surface area contributed by atoms with Gasteiger partial charge in [0.25, 0.3) is 15.7 Å². The molecule has 0 aliphatic carbocycles. The van der Waals surface area contributed by atoms with Gasteiger partial charge in [0, 0.05) is 49.9 Å². The lowest BCUT2D eigenvalue weighted by atomic mass is 9.99. The second kappa shape index (κ2) is 15.9. The first kappa shape index (κ1) is 38.0. The molecule has 2 aliphatic heterocycles. The summed E-state index contributed by atoms with van der Waals surface area (Å²) in [5.74, 6) is 0.0235. The lowest BCUT2D eigenvalue weighted by molar-refractivity contribution is -0.384. The van der Waals surface area contributed by atoms with Crippen molar-refractivity contribution in [3.8, 4) is 11.1 Å². The molecule has 2 fully saturated rings. The molecule has 0 saturated carbocycles. The Labute approximate surface area is 330 Å². The van der Waals surface area contributed by atoms with Crippen molar-refractivity contribution >= 4 is 53.6 Å². The van der Waals surface area contributed by atoms with Crippen molar-refractivity contribution in [2.24, 2.45) is 0 Å². The molecule has 0 amide bonds. The standard InChI is InChI=1S/C41H39N7O7S2/c49-48(50)39-24-33(16-18-36(39)44-38-26-55-27-40(38)56(51,52)32-12-5-2-6-13-32)57(53,54)45-41-35-17-15-31(23-37(35)42-28-43-41)47-21-19-46(20-22-47)25-30-11-7-8-14-34(30)29-9-3-1-4-10-29/h1-18,23-24,28,38,40,44H,19-22,25-27H2,(H,42,43,45). The maximum absolute atomic E-state index is 13.7.